The Labute approximate surface area is 188 Å². The fourth-order valence-corrected chi connectivity index (χ4v) is 3.66. The summed E-state index contributed by atoms with van der Waals surface area (Å²) < 4.78 is 5.50. The number of nitrogens with one attached hydrogen (secondary N) is 2. The maximum atomic E-state index is 12.9. The minimum Gasteiger partial charge on any atom is -0.484 e. The summed E-state index contributed by atoms with van der Waals surface area (Å²) in [6.07, 6.45) is 2.21. The first-order valence-corrected chi connectivity index (χ1v) is 11.1. The standard InChI is InChI=1S/C24H30ClN3O3/c1-16(2)26-24(30)21-14-19(6-9-22(21)28-12-10-17(3)11-13-28)27-23(29)15-31-20-7-4-18(25)5-8-20/h4-9,14,16-17H,10-13,15H2,1-3H3,(H,26,30)(H,27,29). The zero-order valence-corrected chi connectivity index (χ0v) is 19.0. The number of carbonyl (C=O) groups excluding carboxylic acids is 2. The van der Waals surface area contributed by atoms with Crippen molar-refractivity contribution < 1.29 is 14.3 Å². The second-order valence-electron chi connectivity index (χ2n) is 8.32. The largest absolute Gasteiger partial charge is 0.484 e. The van der Waals surface area contributed by atoms with Crippen molar-refractivity contribution in [2.75, 3.05) is 29.9 Å². The van der Waals surface area contributed by atoms with Crippen molar-refractivity contribution in [3.8, 4) is 5.75 Å². The molecule has 2 aromatic rings. The van der Waals surface area contributed by atoms with Gasteiger partial charge in [-0.25, -0.2) is 0 Å². The van der Waals surface area contributed by atoms with E-state index in [1.54, 1.807) is 30.3 Å². The van der Waals surface area contributed by atoms with E-state index in [0.29, 0.717) is 27.9 Å². The maximum Gasteiger partial charge on any atom is 0.262 e. The van der Waals surface area contributed by atoms with Crippen LogP contribution in [-0.2, 0) is 4.79 Å². The summed E-state index contributed by atoms with van der Waals surface area (Å²) >= 11 is 5.86. The molecule has 2 amide bonds. The van der Waals surface area contributed by atoms with E-state index in [0.717, 1.165) is 31.6 Å². The molecular weight excluding hydrogens is 414 g/mol. The highest BCUT2D eigenvalue weighted by Crippen LogP contribution is 2.29. The molecule has 2 N–H and O–H groups in total. The van der Waals surface area contributed by atoms with Gasteiger partial charge in [-0.3, -0.25) is 9.59 Å². The highest BCUT2D eigenvalue weighted by molar-refractivity contribution is 6.30. The van der Waals surface area contributed by atoms with Crippen molar-refractivity contribution >= 4 is 34.8 Å². The molecule has 6 nitrogen and oxygen atoms in total. The van der Waals surface area contributed by atoms with Crippen LogP contribution in [0.3, 0.4) is 0 Å². The van der Waals surface area contributed by atoms with Crippen LogP contribution < -0.4 is 20.3 Å². The van der Waals surface area contributed by atoms with E-state index in [9.17, 15) is 9.59 Å². The van der Waals surface area contributed by atoms with E-state index in [1.165, 1.54) is 0 Å². The molecule has 0 aromatic heterocycles. The van der Waals surface area contributed by atoms with Gasteiger partial charge in [0, 0.05) is 35.5 Å². The molecule has 0 aliphatic carbocycles. The Morgan fingerprint density at radius 2 is 1.81 bits per heavy atom. The Bertz CT molecular complexity index is 907. The minimum atomic E-state index is -0.301. The van der Waals surface area contributed by atoms with Gasteiger partial charge in [0.15, 0.2) is 6.61 Å². The molecule has 31 heavy (non-hydrogen) atoms. The van der Waals surface area contributed by atoms with Crippen molar-refractivity contribution in [3.63, 3.8) is 0 Å². The van der Waals surface area contributed by atoms with Crippen LogP contribution in [0.4, 0.5) is 11.4 Å². The molecule has 0 saturated carbocycles. The average Bonchev–Trinajstić information content (AvgIpc) is 2.73. The van der Waals surface area contributed by atoms with Crippen LogP contribution in [0.2, 0.25) is 5.02 Å². The Kier molecular flexibility index (Phi) is 7.80. The third-order valence-corrected chi connectivity index (χ3v) is 5.50. The van der Waals surface area contributed by atoms with Crippen LogP contribution in [0.15, 0.2) is 42.5 Å². The topological polar surface area (TPSA) is 70.7 Å². The number of benzene rings is 2. The average molecular weight is 444 g/mol. The van der Waals surface area contributed by atoms with Crippen molar-refractivity contribution in [2.45, 2.75) is 39.7 Å². The molecular formula is C24H30ClN3O3. The molecule has 1 fully saturated rings. The van der Waals surface area contributed by atoms with Crippen LogP contribution in [0.25, 0.3) is 0 Å². The number of carbonyl (C=O) groups is 2. The number of amides is 2. The molecule has 0 spiro atoms. The molecule has 0 radical (unpaired) electrons. The van der Waals surface area contributed by atoms with Crippen molar-refractivity contribution in [3.05, 3.63) is 53.1 Å². The van der Waals surface area contributed by atoms with Gasteiger partial charge in [0.05, 0.1) is 5.56 Å². The van der Waals surface area contributed by atoms with E-state index >= 15 is 0 Å². The number of hydrogen-bond acceptors (Lipinski definition) is 4. The fraction of sp³-hybridized carbons (Fsp3) is 0.417. The zero-order chi connectivity index (χ0) is 22.4. The van der Waals surface area contributed by atoms with Crippen LogP contribution in [0.1, 0.15) is 44.0 Å². The molecule has 1 aliphatic heterocycles. The summed E-state index contributed by atoms with van der Waals surface area (Å²) in [5.41, 5.74) is 2.04. The molecule has 166 valence electrons. The number of anilines is 2. The van der Waals surface area contributed by atoms with Gasteiger partial charge < -0.3 is 20.3 Å². The molecule has 3 rings (SSSR count). The predicted molar refractivity (Wildman–Crippen MR) is 125 cm³/mol. The van der Waals surface area contributed by atoms with Gasteiger partial charge >= 0.3 is 0 Å². The summed E-state index contributed by atoms with van der Waals surface area (Å²) in [6, 6.07) is 12.3. The highest BCUT2D eigenvalue weighted by Gasteiger charge is 2.22. The number of hydrogen-bond donors (Lipinski definition) is 2. The lowest BCUT2D eigenvalue weighted by atomic mass is 9.97. The van der Waals surface area contributed by atoms with Gasteiger partial charge in [0.25, 0.3) is 11.8 Å². The summed E-state index contributed by atoms with van der Waals surface area (Å²) in [7, 11) is 0. The van der Waals surface area contributed by atoms with E-state index in [4.69, 9.17) is 16.3 Å². The van der Waals surface area contributed by atoms with E-state index in [-0.39, 0.29) is 24.5 Å². The van der Waals surface area contributed by atoms with Gasteiger partial charge in [-0.15, -0.1) is 0 Å². The minimum absolute atomic E-state index is 0.0211. The quantitative estimate of drug-likeness (QED) is 0.648. The zero-order valence-electron chi connectivity index (χ0n) is 18.3. The first-order valence-electron chi connectivity index (χ1n) is 10.7. The monoisotopic (exact) mass is 443 g/mol. The van der Waals surface area contributed by atoms with Crippen molar-refractivity contribution in [1.82, 2.24) is 5.32 Å². The van der Waals surface area contributed by atoms with Crippen LogP contribution in [-0.4, -0.2) is 37.6 Å². The van der Waals surface area contributed by atoms with Gasteiger partial charge in [-0.2, -0.15) is 0 Å². The number of halogens is 1. The van der Waals surface area contributed by atoms with Crippen LogP contribution in [0.5, 0.6) is 5.75 Å². The fourth-order valence-electron chi connectivity index (χ4n) is 3.54. The number of rotatable bonds is 7. The van der Waals surface area contributed by atoms with Crippen molar-refractivity contribution in [1.29, 1.82) is 0 Å². The molecule has 0 atom stereocenters. The Hall–Kier alpha value is -2.73. The van der Waals surface area contributed by atoms with Gasteiger partial charge in [-0.05, 0) is 75.1 Å². The Morgan fingerprint density at radius 3 is 2.45 bits per heavy atom. The number of piperidine rings is 1. The van der Waals surface area contributed by atoms with E-state index in [1.807, 2.05) is 26.0 Å². The third kappa shape index (κ3) is 6.62. The second kappa shape index (κ2) is 10.5. The molecule has 1 saturated heterocycles. The first kappa shape index (κ1) is 22.9. The maximum absolute atomic E-state index is 12.9. The SMILES string of the molecule is CC1CCN(c2ccc(NC(=O)COc3ccc(Cl)cc3)cc2C(=O)NC(C)C)CC1. The number of ether oxygens (including phenoxy) is 1. The predicted octanol–water partition coefficient (Wildman–Crippen LogP) is 4.73. The second-order valence-corrected chi connectivity index (χ2v) is 8.76. The Balaban J connectivity index is 1.71. The highest BCUT2D eigenvalue weighted by atomic mass is 35.5. The van der Waals surface area contributed by atoms with Crippen molar-refractivity contribution in [2.24, 2.45) is 5.92 Å². The molecule has 0 unspecified atom stereocenters. The lowest BCUT2D eigenvalue weighted by Gasteiger charge is -2.33. The van der Waals surface area contributed by atoms with Gasteiger partial charge in [0.2, 0.25) is 0 Å². The van der Waals surface area contributed by atoms with Gasteiger partial charge in [0.1, 0.15) is 5.75 Å². The smallest absolute Gasteiger partial charge is 0.262 e. The molecule has 2 aromatic carbocycles. The van der Waals surface area contributed by atoms with Gasteiger partial charge in [-0.1, -0.05) is 18.5 Å². The molecule has 7 heteroatoms. The third-order valence-electron chi connectivity index (χ3n) is 5.25. The summed E-state index contributed by atoms with van der Waals surface area (Å²) in [5, 5.41) is 6.39. The van der Waals surface area contributed by atoms with Crippen LogP contribution in [0, 0.1) is 5.92 Å². The lowest BCUT2D eigenvalue weighted by molar-refractivity contribution is -0.118. The normalized spacial score (nSPS) is 14.4. The lowest BCUT2D eigenvalue weighted by Crippen LogP contribution is -2.36. The Morgan fingerprint density at radius 1 is 1.13 bits per heavy atom. The summed E-state index contributed by atoms with van der Waals surface area (Å²) in [5.74, 6) is 0.816. The molecule has 1 aliphatic rings. The van der Waals surface area contributed by atoms with E-state index < -0.39 is 0 Å². The number of nitrogens with zero attached hydrogens (tertiary/aromatic N) is 1. The van der Waals surface area contributed by atoms with Crippen LogP contribution >= 0.6 is 11.6 Å². The molecule has 1 heterocycles. The summed E-state index contributed by atoms with van der Waals surface area (Å²) in [4.78, 5) is 27.5. The van der Waals surface area contributed by atoms with E-state index in [2.05, 4.69) is 22.5 Å². The summed E-state index contributed by atoms with van der Waals surface area (Å²) in [6.45, 7) is 7.82. The first-order chi connectivity index (χ1) is 14.8. The molecule has 0 bridgehead atoms.